The van der Waals surface area contributed by atoms with Gasteiger partial charge in [-0.3, -0.25) is 20.0 Å². The first-order valence-corrected chi connectivity index (χ1v) is 3.11. The molecule has 0 saturated heterocycles. The predicted molar refractivity (Wildman–Crippen MR) is 35.1 cm³/mol. The summed E-state index contributed by atoms with van der Waals surface area (Å²) >= 11 is 0. The minimum absolute atomic E-state index is 0.201. The summed E-state index contributed by atoms with van der Waals surface area (Å²) < 4.78 is 0. The monoisotopic (exact) mass is 151 g/mol. The number of aromatic amines is 1. The number of nitrogens with zero attached hydrogens (tertiary/aromatic N) is 1. The first kappa shape index (κ1) is 6.09. The van der Waals surface area contributed by atoms with Crippen LogP contribution in [-0.2, 0) is 0 Å². The molecule has 2 N–H and O–H groups in total. The summed E-state index contributed by atoms with van der Waals surface area (Å²) in [6.07, 6.45) is 0. The molecule has 11 heavy (non-hydrogen) atoms. The Morgan fingerprint density at radius 2 is 2.00 bits per heavy atom. The van der Waals surface area contributed by atoms with Crippen molar-refractivity contribution in [1.82, 2.24) is 15.5 Å². The number of fused-ring (bicyclic) bond motifs is 1. The van der Waals surface area contributed by atoms with Gasteiger partial charge in [-0.05, 0) is 6.92 Å². The molecule has 1 aromatic rings. The first-order valence-electron chi connectivity index (χ1n) is 3.11. The molecule has 2 rings (SSSR count). The van der Waals surface area contributed by atoms with E-state index in [-0.39, 0.29) is 11.6 Å². The van der Waals surface area contributed by atoms with Crippen LogP contribution in [0.3, 0.4) is 0 Å². The predicted octanol–water partition coefficient (Wildman–Crippen LogP) is -0.398. The van der Waals surface area contributed by atoms with Gasteiger partial charge in [0.15, 0.2) is 5.69 Å². The van der Waals surface area contributed by atoms with Crippen LogP contribution < -0.4 is 5.32 Å². The van der Waals surface area contributed by atoms with Gasteiger partial charge >= 0.3 is 0 Å². The summed E-state index contributed by atoms with van der Waals surface area (Å²) in [7, 11) is 0. The summed E-state index contributed by atoms with van der Waals surface area (Å²) in [5.74, 6) is -0.786. The van der Waals surface area contributed by atoms with Gasteiger partial charge in [0, 0.05) is 5.69 Å². The number of carbonyl (C=O) groups excluding carboxylic acids is 2. The molecule has 0 fully saturated rings. The highest BCUT2D eigenvalue weighted by molar-refractivity contribution is 6.21. The lowest BCUT2D eigenvalue weighted by Crippen LogP contribution is -2.21. The van der Waals surface area contributed by atoms with Gasteiger partial charge in [-0.15, -0.1) is 0 Å². The van der Waals surface area contributed by atoms with Crippen LogP contribution in [-0.4, -0.2) is 22.0 Å². The maximum Gasteiger partial charge on any atom is 0.279 e. The minimum Gasteiger partial charge on any atom is -0.287 e. The van der Waals surface area contributed by atoms with E-state index in [1.807, 2.05) is 0 Å². The molecule has 0 saturated carbocycles. The van der Waals surface area contributed by atoms with Crippen LogP contribution in [0.2, 0.25) is 0 Å². The van der Waals surface area contributed by atoms with Gasteiger partial charge < -0.3 is 0 Å². The topological polar surface area (TPSA) is 74.8 Å². The summed E-state index contributed by atoms with van der Waals surface area (Å²) in [5.41, 5.74) is 1.20. The molecule has 0 unspecified atom stereocenters. The lowest BCUT2D eigenvalue weighted by atomic mass is 10.2. The molecular formula is C6H5N3O2. The number of hydrogen-bond donors (Lipinski definition) is 2. The zero-order valence-electron chi connectivity index (χ0n) is 5.76. The van der Waals surface area contributed by atoms with Crippen LogP contribution in [0, 0.1) is 6.92 Å². The van der Waals surface area contributed by atoms with Gasteiger partial charge in [-0.25, -0.2) is 0 Å². The van der Waals surface area contributed by atoms with E-state index in [1.165, 1.54) is 0 Å². The first-order chi connectivity index (χ1) is 5.20. The Balaban J connectivity index is 2.72. The quantitative estimate of drug-likeness (QED) is 0.495. The van der Waals surface area contributed by atoms with E-state index in [1.54, 1.807) is 6.92 Å². The second-order valence-electron chi connectivity index (χ2n) is 2.36. The highest BCUT2D eigenvalue weighted by Crippen LogP contribution is 2.15. The number of nitrogens with one attached hydrogen (secondary N) is 2. The zero-order valence-corrected chi connectivity index (χ0v) is 5.76. The minimum atomic E-state index is -0.422. The molecule has 1 aliphatic rings. The zero-order chi connectivity index (χ0) is 8.01. The number of amides is 2. The average molecular weight is 151 g/mol. The number of hydrogen-bond acceptors (Lipinski definition) is 3. The lowest BCUT2D eigenvalue weighted by molar-refractivity contribution is 0.0876. The highest BCUT2D eigenvalue weighted by Gasteiger charge is 2.31. The third kappa shape index (κ3) is 0.618. The Bertz CT molecular complexity index is 353. The van der Waals surface area contributed by atoms with Crippen molar-refractivity contribution in [3.63, 3.8) is 0 Å². The van der Waals surface area contributed by atoms with Crippen molar-refractivity contribution < 1.29 is 9.59 Å². The number of aryl methyl sites for hydroxylation is 1. The Kier molecular flexibility index (Phi) is 0.934. The van der Waals surface area contributed by atoms with Crippen molar-refractivity contribution >= 4 is 11.8 Å². The molecule has 0 aromatic carbocycles. The summed E-state index contributed by atoms with van der Waals surface area (Å²) in [4.78, 5) is 21.8. The van der Waals surface area contributed by atoms with Crippen LogP contribution in [0.4, 0.5) is 0 Å². The van der Waals surface area contributed by atoms with Crippen molar-refractivity contribution in [2.75, 3.05) is 0 Å². The van der Waals surface area contributed by atoms with Gasteiger partial charge in [0.2, 0.25) is 0 Å². The van der Waals surface area contributed by atoms with Crippen molar-refractivity contribution in [2.45, 2.75) is 6.92 Å². The summed E-state index contributed by atoms with van der Waals surface area (Å²) in [6, 6.07) is 0. The van der Waals surface area contributed by atoms with E-state index < -0.39 is 5.91 Å². The van der Waals surface area contributed by atoms with Crippen LogP contribution in [0.25, 0.3) is 0 Å². The number of imide groups is 1. The van der Waals surface area contributed by atoms with E-state index in [0.717, 1.165) is 0 Å². The van der Waals surface area contributed by atoms with E-state index in [2.05, 4.69) is 15.5 Å². The average Bonchev–Trinajstić information content (AvgIpc) is 2.41. The van der Waals surface area contributed by atoms with Crippen LogP contribution in [0.1, 0.15) is 26.5 Å². The molecule has 2 heterocycles. The number of aromatic nitrogens is 2. The fourth-order valence-electron chi connectivity index (χ4n) is 1.10. The normalized spacial score (nSPS) is 15.0. The van der Waals surface area contributed by atoms with Gasteiger partial charge in [0.1, 0.15) is 0 Å². The molecular weight excluding hydrogens is 146 g/mol. The highest BCUT2D eigenvalue weighted by atomic mass is 16.2. The van der Waals surface area contributed by atoms with Crippen molar-refractivity contribution in [3.8, 4) is 0 Å². The van der Waals surface area contributed by atoms with Gasteiger partial charge in [-0.2, -0.15) is 5.10 Å². The third-order valence-corrected chi connectivity index (χ3v) is 1.62. The van der Waals surface area contributed by atoms with Crippen LogP contribution in [0.5, 0.6) is 0 Å². The molecule has 0 atom stereocenters. The molecule has 5 heteroatoms. The molecule has 5 nitrogen and oxygen atoms in total. The standard InChI is InChI=1S/C6H5N3O2/c1-2-3-4(9-8-2)6(11)7-5(3)10/h1H3,(H,8,9)(H,7,10,11). The maximum absolute atomic E-state index is 11.0. The van der Waals surface area contributed by atoms with Gasteiger partial charge in [0.25, 0.3) is 11.8 Å². The van der Waals surface area contributed by atoms with E-state index in [0.29, 0.717) is 11.3 Å². The molecule has 0 spiro atoms. The second kappa shape index (κ2) is 1.69. The Morgan fingerprint density at radius 1 is 1.27 bits per heavy atom. The molecule has 0 aliphatic carbocycles. The van der Waals surface area contributed by atoms with Gasteiger partial charge in [0.05, 0.1) is 5.56 Å². The molecule has 56 valence electrons. The number of rotatable bonds is 0. The molecule has 2 amide bonds. The maximum atomic E-state index is 11.0. The third-order valence-electron chi connectivity index (χ3n) is 1.62. The van der Waals surface area contributed by atoms with Crippen molar-refractivity contribution in [1.29, 1.82) is 0 Å². The number of H-pyrrole nitrogens is 1. The lowest BCUT2D eigenvalue weighted by Gasteiger charge is -1.87. The van der Waals surface area contributed by atoms with Crippen molar-refractivity contribution in [3.05, 3.63) is 17.0 Å². The Labute approximate surface area is 61.8 Å². The molecule has 1 aliphatic heterocycles. The number of carbonyl (C=O) groups is 2. The second-order valence-corrected chi connectivity index (χ2v) is 2.36. The summed E-state index contributed by atoms with van der Waals surface area (Å²) in [5, 5.41) is 8.38. The largest absolute Gasteiger partial charge is 0.287 e. The molecule has 0 radical (unpaired) electrons. The SMILES string of the molecule is Cc1[nH]nc2c1C(=O)NC2=O. The van der Waals surface area contributed by atoms with E-state index >= 15 is 0 Å². The smallest absolute Gasteiger partial charge is 0.279 e. The van der Waals surface area contributed by atoms with E-state index in [9.17, 15) is 9.59 Å². The Morgan fingerprint density at radius 3 is 2.64 bits per heavy atom. The molecule has 1 aromatic heterocycles. The summed E-state index contributed by atoms with van der Waals surface area (Å²) in [6.45, 7) is 1.70. The fourth-order valence-corrected chi connectivity index (χ4v) is 1.10. The fraction of sp³-hybridized carbons (Fsp3) is 0.167. The van der Waals surface area contributed by atoms with Crippen molar-refractivity contribution in [2.24, 2.45) is 0 Å². The van der Waals surface area contributed by atoms with Crippen LogP contribution in [0.15, 0.2) is 0 Å². The van der Waals surface area contributed by atoms with Gasteiger partial charge in [-0.1, -0.05) is 0 Å². The molecule has 0 bridgehead atoms. The van der Waals surface area contributed by atoms with E-state index in [4.69, 9.17) is 0 Å². The van der Waals surface area contributed by atoms with Crippen LogP contribution >= 0.6 is 0 Å². The Hall–Kier alpha value is -1.65.